The third-order valence-corrected chi connectivity index (χ3v) is 10.1. The first-order chi connectivity index (χ1) is 31.6. The zero-order chi connectivity index (χ0) is 49.6. The standard InChI is InChI=1S/C24H27FN4O4.C17H24N4O3.C7H4ClFO/c1-24(2,3)33-23(31)29-10-8-28(9-11-29)21-14-18(32-4)13-20(19(21)15-26)27-22(30)16-6-5-7-17(25)12-16;1-17(2,3)24-16(22)21-7-5-20(6-8-21)15-10-12(23-4)9-14(19)13(15)11-18;8-7(10)5-2-1-3-6(9)4-5/h5-7,12-14H,8-11H2,1-4H3,(H,27,30);9-10H,5-8,19H2,1-4H3;1-4H. The van der Waals surface area contributed by atoms with Crippen LogP contribution in [0.2, 0.25) is 0 Å². The Morgan fingerprint density at radius 1 is 0.642 bits per heavy atom. The topological polar surface area (TPSA) is 204 Å². The molecule has 2 fully saturated rings. The number of carbonyl (C=O) groups excluding carboxylic acids is 4. The van der Waals surface area contributed by atoms with Crippen LogP contribution < -0.4 is 30.3 Å². The van der Waals surface area contributed by atoms with E-state index in [0.717, 1.165) is 17.8 Å². The van der Waals surface area contributed by atoms with Gasteiger partial charge in [0.15, 0.2) is 0 Å². The maximum Gasteiger partial charge on any atom is 0.410 e. The van der Waals surface area contributed by atoms with Gasteiger partial charge in [-0.05, 0) is 89.5 Å². The Hall–Kier alpha value is -7.31. The number of ether oxygens (including phenoxy) is 4. The summed E-state index contributed by atoms with van der Waals surface area (Å²) in [6.07, 6.45) is -0.691. The van der Waals surface area contributed by atoms with E-state index in [0.29, 0.717) is 80.8 Å². The van der Waals surface area contributed by atoms with E-state index in [1.165, 1.54) is 43.5 Å². The fourth-order valence-corrected chi connectivity index (χ4v) is 6.76. The average molecular weight is 945 g/mol. The average Bonchev–Trinajstić information content (AvgIpc) is 3.27. The summed E-state index contributed by atoms with van der Waals surface area (Å²) >= 11 is 5.07. The number of rotatable bonds is 7. The predicted molar refractivity (Wildman–Crippen MR) is 251 cm³/mol. The lowest BCUT2D eigenvalue weighted by Gasteiger charge is -2.37. The number of amides is 3. The first kappa shape index (κ1) is 52.3. The Morgan fingerprint density at radius 3 is 1.45 bits per heavy atom. The summed E-state index contributed by atoms with van der Waals surface area (Å²) in [6.45, 7) is 15.0. The lowest BCUT2D eigenvalue weighted by atomic mass is 10.1. The van der Waals surface area contributed by atoms with E-state index >= 15 is 0 Å². The van der Waals surface area contributed by atoms with Crippen LogP contribution in [0.1, 0.15) is 73.4 Å². The smallest absolute Gasteiger partial charge is 0.410 e. The minimum absolute atomic E-state index is 0.134. The first-order valence-electron chi connectivity index (χ1n) is 21.0. The molecule has 2 aliphatic heterocycles. The van der Waals surface area contributed by atoms with Gasteiger partial charge in [0.1, 0.15) is 46.5 Å². The second kappa shape index (κ2) is 23.2. The molecule has 3 N–H and O–H groups in total. The summed E-state index contributed by atoms with van der Waals surface area (Å²) in [5.41, 5.74) is 7.82. The molecule has 0 spiro atoms. The Morgan fingerprint density at radius 2 is 1.06 bits per heavy atom. The lowest BCUT2D eigenvalue weighted by Crippen LogP contribution is -2.50. The third-order valence-electron chi connectivity index (χ3n) is 9.84. The number of carbonyl (C=O) groups is 4. The molecule has 4 aromatic carbocycles. The van der Waals surface area contributed by atoms with E-state index in [4.69, 9.17) is 36.3 Å². The van der Waals surface area contributed by atoms with Gasteiger partial charge >= 0.3 is 12.2 Å². The molecule has 6 rings (SSSR count). The number of nitrogens with one attached hydrogen (secondary N) is 1. The van der Waals surface area contributed by atoms with Gasteiger partial charge in [-0.2, -0.15) is 10.5 Å². The molecule has 356 valence electrons. The highest BCUT2D eigenvalue weighted by atomic mass is 35.5. The van der Waals surface area contributed by atoms with Gasteiger partial charge < -0.3 is 49.6 Å². The zero-order valence-corrected chi connectivity index (χ0v) is 39.5. The van der Waals surface area contributed by atoms with E-state index in [1.54, 1.807) is 41.2 Å². The molecular weight excluding hydrogens is 890 g/mol. The van der Waals surface area contributed by atoms with Crippen molar-refractivity contribution in [3.05, 3.63) is 107 Å². The van der Waals surface area contributed by atoms with Gasteiger partial charge in [-0.1, -0.05) is 12.1 Å². The number of benzene rings is 4. The van der Waals surface area contributed by atoms with Gasteiger partial charge in [0, 0.05) is 87.8 Å². The largest absolute Gasteiger partial charge is 0.497 e. The lowest BCUT2D eigenvalue weighted by molar-refractivity contribution is 0.0230. The van der Waals surface area contributed by atoms with Crippen LogP contribution in [0.4, 0.5) is 41.1 Å². The number of nitrogen functional groups attached to an aromatic ring is 1. The molecule has 0 atom stereocenters. The molecule has 0 radical (unpaired) electrons. The van der Waals surface area contributed by atoms with Crippen molar-refractivity contribution in [2.45, 2.75) is 52.7 Å². The van der Waals surface area contributed by atoms with Gasteiger partial charge in [-0.3, -0.25) is 9.59 Å². The van der Waals surface area contributed by atoms with Crippen molar-refractivity contribution in [2.75, 3.05) is 87.4 Å². The molecule has 4 aromatic rings. The summed E-state index contributed by atoms with van der Waals surface area (Å²) in [5.74, 6) is -0.465. The number of anilines is 4. The van der Waals surface area contributed by atoms with Crippen molar-refractivity contribution in [2.24, 2.45) is 0 Å². The summed E-state index contributed by atoms with van der Waals surface area (Å²) in [7, 11) is 3.05. The van der Waals surface area contributed by atoms with Gasteiger partial charge in [-0.15, -0.1) is 0 Å². The van der Waals surface area contributed by atoms with Crippen molar-refractivity contribution in [1.82, 2.24) is 9.80 Å². The maximum atomic E-state index is 13.5. The summed E-state index contributed by atoms with van der Waals surface area (Å²) < 4.78 is 47.3. The van der Waals surface area contributed by atoms with Crippen LogP contribution in [0.5, 0.6) is 11.5 Å². The van der Waals surface area contributed by atoms with Gasteiger partial charge in [0.25, 0.3) is 11.1 Å². The zero-order valence-electron chi connectivity index (χ0n) is 38.7. The number of nitrogens with two attached hydrogens (primary N) is 1. The molecule has 2 aliphatic rings. The summed E-state index contributed by atoms with van der Waals surface area (Å²) in [6, 6.07) is 21.6. The Bertz CT molecular complexity index is 2500. The van der Waals surface area contributed by atoms with Crippen molar-refractivity contribution >= 4 is 57.7 Å². The number of halogens is 3. The van der Waals surface area contributed by atoms with E-state index in [9.17, 15) is 38.5 Å². The van der Waals surface area contributed by atoms with Crippen LogP contribution in [0, 0.1) is 34.3 Å². The van der Waals surface area contributed by atoms with E-state index in [-0.39, 0.29) is 34.6 Å². The number of methoxy groups -OCH3 is 2. The normalized spacial score (nSPS) is 13.6. The Kier molecular flexibility index (Phi) is 18.1. The molecule has 16 nitrogen and oxygen atoms in total. The van der Waals surface area contributed by atoms with E-state index in [2.05, 4.69) is 17.5 Å². The van der Waals surface area contributed by atoms with Crippen LogP contribution in [-0.4, -0.2) is 111 Å². The van der Waals surface area contributed by atoms with Gasteiger partial charge in [0.05, 0.1) is 48.1 Å². The number of nitriles is 2. The fourth-order valence-electron chi connectivity index (χ4n) is 6.64. The van der Waals surface area contributed by atoms with Crippen molar-refractivity contribution in [3.63, 3.8) is 0 Å². The van der Waals surface area contributed by atoms with Gasteiger partial charge in [-0.25, -0.2) is 18.4 Å². The molecule has 0 aromatic heterocycles. The molecule has 67 heavy (non-hydrogen) atoms. The molecule has 0 saturated carbocycles. The SMILES string of the molecule is COc1cc(N)c(C#N)c(N2CCN(C(=O)OC(C)(C)C)CC2)c1.COc1cc(NC(=O)c2cccc(F)c2)c(C#N)c(N2CCN(C(=O)OC(C)(C)C)CC2)c1.O=C(Cl)c1cccc(F)c1. The molecule has 2 saturated heterocycles. The number of nitrogens with zero attached hydrogens (tertiary/aromatic N) is 6. The van der Waals surface area contributed by atoms with E-state index in [1.807, 2.05) is 51.3 Å². The maximum absolute atomic E-state index is 13.5. The molecule has 0 bridgehead atoms. The Labute approximate surface area is 394 Å². The first-order valence-corrected chi connectivity index (χ1v) is 21.4. The molecule has 0 aliphatic carbocycles. The summed E-state index contributed by atoms with van der Waals surface area (Å²) in [5, 5.41) is 21.3. The molecule has 0 unspecified atom stereocenters. The van der Waals surface area contributed by atoms with Crippen molar-refractivity contribution in [3.8, 4) is 23.6 Å². The second-order valence-corrected chi connectivity index (χ2v) is 17.4. The third kappa shape index (κ3) is 15.4. The van der Waals surface area contributed by atoms with Crippen LogP contribution in [0.3, 0.4) is 0 Å². The second-order valence-electron chi connectivity index (χ2n) is 17.1. The van der Waals surface area contributed by atoms with Crippen molar-refractivity contribution in [1.29, 1.82) is 10.5 Å². The molecule has 2 heterocycles. The predicted octanol–water partition coefficient (Wildman–Crippen LogP) is 8.43. The van der Waals surface area contributed by atoms with Crippen LogP contribution in [-0.2, 0) is 9.47 Å². The highest BCUT2D eigenvalue weighted by Crippen LogP contribution is 2.35. The van der Waals surface area contributed by atoms with Crippen LogP contribution >= 0.6 is 11.6 Å². The van der Waals surface area contributed by atoms with Crippen LogP contribution in [0.15, 0.2) is 72.8 Å². The summed E-state index contributed by atoms with van der Waals surface area (Å²) in [4.78, 5) is 54.8. The highest BCUT2D eigenvalue weighted by Gasteiger charge is 2.29. The van der Waals surface area contributed by atoms with Crippen LogP contribution in [0.25, 0.3) is 0 Å². The monoisotopic (exact) mass is 944 g/mol. The fraction of sp³-hybridized carbons (Fsp3) is 0.375. The highest BCUT2D eigenvalue weighted by molar-refractivity contribution is 6.67. The molecular formula is C48H55ClF2N8O8. The molecule has 3 amide bonds. The Balaban J connectivity index is 0.000000250. The quantitative estimate of drug-likeness (QED) is 0.132. The number of hydrogen-bond acceptors (Lipinski definition) is 13. The molecule has 19 heteroatoms. The van der Waals surface area contributed by atoms with Crippen molar-refractivity contribution < 1.29 is 46.9 Å². The minimum Gasteiger partial charge on any atom is -0.497 e. The number of hydrogen-bond donors (Lipinski definition) is 2. The van der Waals surface area contributed by atoms with Gasteiger partial charge in [0.2, 0.25) is 0 Å². The number of piperazine rings is 2. The van der Waals surface area contributed by atoms with E-state index < -0.39 is 34.0 Å². The minimum atomic E-state index is -0.639.